The quantitative estimate of drug-likeness (QED) is 0.724. The molecule has 72 valence electrons. The molecule has 4 nitrogen and oxygen atoms in total. The van der Waals surface area contributed by atoms with Gasteiger partial charge < -0.3 is 10.6 Å². The molecule has 1 rings (SSSR count). The van der Waals surface area contributed by atoms with Crippen LogP contribution < -0.4 is 10.6 Å². The van der Waals surface area contributed by atoms with Gasteiger partial charge in [0.2, 0.25) is 0 Å². The minimum Gasteiger partial charge on any atom is -0.370 e. The van der Waals surface area contributed by atoms with Crippen LogP contribution in [0.2, 0.25) is 0 Å². The van der Waals surface area contributed by atoms with Gasteiger partial charge in [0, 0.05) is 19.2 Å². The summed E-state index contributed by atoms with van der Waals surface area (Å²) in [5, 5.41) is 6.34. The van der Waals surface area contributed by atoms with Crippen LogP contribution in [0.25, 0.3) is 0 Å². The van der Waals surface area contributed by atoms with Gasteiger partial charge in [0.05, 0.1) is 0 Å². The second kappa shape index (κ2) is 5.35. The van der Waals surface area contributed by atoms with Crippen molar-refractivity contribution < 1.29 is 0 Å². The van der Waals surface area contributed by atoms with Gasteiger partial charge in [0.25, 0.3) is 0 Å². The number of hydrogen-bond donors (Lipinski definition) is 2. The highest BCUT2D eigenvalue weighted by Crippen LogP contribution is 2.07. The highest BCUT2D eigenvalue weighted by Gasteiger charge is 1.95. The zero-order chi connectivity index (χ0) is 9.52. The van der Waals surface area contributed by atoms with E-state index < -0.39 is 0 Å². The van der Waals surface area contributed by atoms with Gasteiger partial charge in [-0.15, -0.1) is 0 Å². The monoisotopic (exact) mass is 180 g/mol. The molecule has 0 unspecified atom stereocenters. The van der Waals surface area contributed by atoms with Gasteiger partial charge in [0.1, 0.15) is 18.0 Å². The van der Waals surface area contributed by atoms with Crippen molar-refractivity contribution in [1.82, 2.24) is 9.97 Å². The Kier molecular flexibility index (Phi) is 4.02. The second-order valence-corrected chi connectivity index (χ2v) is 2.75. The van der Waals surface area contributed by atoms with Crippen LogP contribution in [-0.2, 0) is 0 Å². The number of aromatic nitrogens is 2. The smallest absolute Gasteiger partial charge is 0.131 e. The first-order chi connectivity index (χ1) is 6.36. The Morgan fingerprint density at radius 1 is 1.15 bits per heavy atom. The number of hydrogen-bond acceptors (Lipinski definition) is 4. The summed E-state index contributed by atoms with van der Waals surface area (Å²) >= 11 is 0. The minimum atomic E-state index is 0.871. The van der Waals surface area contributed by atoms with Gasteiger partial charge in [-0.05, 0) is 13.3 Å². The lowest BCUT2D eigenvalue weighted by Gasteiger charge is -2.05. The zero-order valence-corrected chi connectivity index (χ0v) is 8.17. The fourth-order valence-electron chi connectivity index (χ4n) is 0.985. The van der Waals surface area contributed by atoms with E-state index in [0.29, 0.717) is 0 Å². The van der Waals surface area contributed by atoms with Crippen LogP contribution in [0.3, 0.4) is 0 Å². The molecule has 0 radical (unpaired) electrons. The van der Waals surface area contributed by atoms with Crippen molar-refractivity contribution in [3.05, 3.63) is 12.4 Å². The highest BCUT2D eigenvalue weighted by atomic mass is 15.1. The normalized spacial score (nSPS) is 9.69. The van der Waals surface area contributed by atoms with Gasteiger partial charge in [-0.3, -0.25) is 0 Å². The number of rotatable bonds is 5. The van der Waals surface area contributed by atoms with E-state index in [1.807, 2.05) is 13.0 Å². The van der Waals surface area contributed by atoms with Crippen LogP contribution in [0, 0.1) is 0 Å². The maximum absolute atomic E-state index is 4.10. The molecule has 0 saturated heterocycles. The first kappa shape index (κ1) is 9.77. The van der Waals surface area contributed by atoms with Crippen LogP contribution in [0.1, 0.15) is 20.3 Å². The molecular weight excluding hydrogens is 164 g/mol. The molecule has 0 saturated carbocycles. The van der Waals surface area contributed by atoms with E-state index in [2.05, 4.69) is 27.5 Å². The van der Waals surface area contributed by atoms with Crippen LogP contribution >= 0.6 is 0 Å². The molecule has 0 fully saturated rings. The Morgan fingerprint density at radius 2 is 1.85 bits per heavy atom. The minimum absolute atomic E-state index is 0.871. The molecule has 2 N–H and O–H groups in total. The fraction of sp³-hybridized carbons (Fsp3) is 0.556. The molecule has 0 aliphatic rings. The Bertz CT molecular complexity index is 249. The SMILES string of the molecule is CCCNc1cc(NCC)ncn1. The third kappa shape index (κ3) is 3.27. The van der Waals surface area contributed by atoms with Crippen LogP contribution in [0.5, 0.6) is 0 Å². The molecule has 1 aromatic rings. The average Bonchev–Trinajstić information content (AvgIpc) is 2.16. The summed E-state index contributed by atoms with van der Waals surface area (Å²) < 4.78 is 0. The van der Waals surface area contributed by atoms with Gasteiger partial charge in [-0.1, -0.05) is 6.92 Å². The molecule has 0 spiro atoms. The Hall–Kier alpha value is -1.32. The summed E-state index contributed by atoms with van der Waals surface area (Å²) in [5.74, 6) is 1.75. The predicted molar refractivity (Wildman–Crippen MR) is 55.0 cm³/mol. The standard InChI is InChI=1S/C9H16N4/c1-3-5-11-9-6-8(10-4-2)12-7-13-9/h6-7H,3-5H2,1-2H3,(H2,10,11,12,13). The molecular formula is C9H16N4. The van der Waals surface area contributed by atoms with Crippen molar-refractivity contribution in [2.45, 2.75) is 20.3 Å². The van der Waals surface area contributed by atoms with Gasteiger partial charge in [-0.2, -0.15) is 0 Å². The van der Waals surface area contributed by atoms with Crippen molar-refractivity contribution in [3.63, 3.8) is 0 Å². The summed E-state index contributed by atoms with van der Waals surface area (Å²) in [6.07, 6.45) is 2.66. The molecule has 0 aliphatic heterocycles. The summed E-state index contributed by atoms with van der Waals surface area (Å²) in [6.45, 7) is 5.99. The predicted octanol–water partition coefficient (Wildman–Crippen LogP) is 1.73. The van der Waals surface area contributed by atoms with E-state index >= 15 is 0 Å². The molecule has 0 amide bonds. The zero-order valence-electron chi connectivity index (χ0n) is 8.17. The first-order valence-corrected chi connectivity index (χ1v) is 4.66. The fourth-order valence-corrected chi connectivity index (χ4v) is 0.985. The molecule has 0 aromatic carbocycles. The van der Waals surface area contributed by atoms with E-state index in [1.165, 1.54) is 0 Å². The number of anilines is 2. The van der Waals surface area contributed by atoms with E-state index in [-0.39, 0.29) is 0 Å². The van der Waals surface area contributed by atoms with Crippen molar-refractivity contribution in [1.29, 1.82) is 0 Å². The summed E-state index contributed by atoms with van der Waals surface area (Å²) in [7, 11) is 0. The van der Waals surface area contributed by atoms with Crippen molar-refractivity contribution in [2.24, 2.45) is 0 Å². The Balaban J connectivity index is 2.56. The van der Waals surface area contributed by atoms with Crippen LogP contribution in [0.4, 0.5) is 11.6 Å². The summed E-state index contributed by atoms with van der Waals surface area (Å²) in [5.41, 5.74) is 0. The summed E-state index contributed by atoms with van der Waals surface area (Å²) in [4.78, 5) is 8.17. The molecule has 0 aliphatic carbocycles. The third-order valence-corrected chi connectivity index (χ3v) is 1.58. The molecule has 0 atom stereocenters. The molecule has 0 bridgehead atoms. The van der Waals surface area contributed by atoms with Crippen LogP contribution in [0.15, 0.2) is 12.4 Å². The first-order valence-electron chi connectivity index (χ1n) is 4.66. The average molecular weight is 180 g/mol. The lowest BCUT2D eigenvalue weighted by molar-refractivity contribution is 0.964. The molecule has 4 heteroatoms. The van der Waals surface area contributed by atoms with E-state index in [0.717, 1.165) is 31.1 Å². The van der Waals surface area contributed by atoms with Gasteiger partial charge in [0.15, 0.2) is 0 Å². The second-order valence-electron chi connectivity index (χ2n) is 2.75. The topological polar surface area (TPSA) is 49.8 Å². The van der Waals surface area contributed by atoms with E-state index in [9.17, 15) is 0 Å². The van der Waals surface area contributed by atoms with Crippen LogP contribution in [-0.4, -0.2) is 23.1 Å². The highest BCUT2D eigenvalue weighted by molar-refractivity contribution is 5.46. The van der Waals surface area contributed by atoms with Gasteiger partial charge >= 0.3 is 0 Å². The van der Waals surface area contributed by atoms with Crippen molar-refractivity contribution in [2.75, 3.05) is 23.7 Å². The number of nitrogens with one attached hydrogen (secondary N) is 2. The van der Waals surface area contributed by atoms with Gasteiger partial charge in [-0.25, -0.2) is 9.97 Å². The number of nitrogens with zero attached hydrogens (tertiary/aromatic N) is 2. The van der Waals surface area contributed by atoms with E-state index in [4.69, 9.17) is 0 Å². The Labute approximate surface area is 78.8 Å². The maximum atomic E-state index is 4.10. The third-order valence-electron chi connectivity index (χ3n) is 1.58. The largest absolute Gasteiger partial charge is 0.370 e. The Morgan fingerprint density at radius 3 is 2.46 bits per heavy atom. The summed E-state index contributed by atoms with van der Waals surface area (Å²) in [6, 6.07) is 1.92. The lowest BCUT2D eigenvalue weighted by Crippen LogP contribution is -2.04. The van der Waals surface area contributed by atoms with Crippen molar-refractivity contribution >= 4 is 11.6 Å². The molecule has 1 heterocycles. The lowest BCUT2D eigenvalue weighted by atomic mass is 10.4. The molecule has 1 aromatic heterocycles. The van der Waals surface area contributed by atoms with Crippen molar-refractivity contribution in [3.8, 4) is 0 Å². The molecule has 13 heavy (non-hydrogen) atoms. The maximum Gasteiger partial charge on any atom is 0.131 e. The van der Waals surface area contributed by atoms with E-state index in [1.54, 1.807) is 6.33 Å².